The second-order valence-electron chi connectivity index (χ2n) is 11.0. The molecule has 10 heteroatoms. The van der Waals surface area contributed by atoms with Crippen molar-refractivity contribution in [2.75, 3.05) is 12.8 Å². The van der Waals surface area contributed by atoms with Crippen LogP contribution in [-0.2, 0) is 6.54 Å². The van der Waals surface area contributed by atoms with E-state index >= 15 is 0 Å². The number of halogens is 1. The largest absolute Gasteiger partial charge is 0.382 e. The van der Waals surface area contributed by atoms with Gasteiger partial charge in [0.15, 0.2) is 0 Å². The molecular formula is C32H33FN8S. The van der Waals surface area contributed by atoms with Gasteiger partial charge in [0.1, 0.15) is 11.5 Å². The van der Waals surface area contributed by atoms with E-state index < -0.39 is 9.39 Å². The van der Waals surface area contributed by atoms with Crippen LogP contribution in [0.2, 0.25) is 0 Å². The predicted molar refractivity (Wildman–Crippen MR) is 177 cm³/mol. The number of nitrogens with one attached hydrogen (secondary N) is 4. The minimum absolute atomic E-state index is 0.286. The average molecular weight is 581 g/mol. The zero-order valence-electron chi connectivity index (χ0n) is 23.8. The molecule has 0 aliphatic carbocycles. The third-order valence-electron chi connectivity index (χ3n) is 6.85. The molecule has 8 nitrogen and oxygen atoms in total. The first-order chi connectivity index (χ1) is 20.1. The Morgan fingerprint density at radius 2 is 1.90 bits per heavy atom. The highest BCUT2D eigenvalue weighted by atomic mass is 32.2. The number of hydrogen-bond donors (Lipinski definition) is 4. The fourth-order valence-corrected chi connectivity index (χ4v) is 5.53. The summed E-state index contributed by atoms with van der Waals surface area (Å²) in [5.41, 5.74) is 8.42. The predicted octanol–water partition coefficient (Wildman–Crippen LogP) is 5.96. The second kappa shape index (κ2) is 11.0. The van der Waals surface area contributed by atoms with E-state index in [9.17, 15) is 4.39 Å². The first kappa shape index (κ1) is 27.6. The molecule has 1 aromatic carbocycles. The number of hydrogen-bond acceptors (Lipinski definition) is 6. The van der Waals surface area contributed by atoms with Gasteiger partial charge in [-0.1, -0.05) is 17.8 Å². The number of aromatic amines is 2. The Morgan fingerprint density at radius 3 is 2.71 bits per heavy atom. The van der Waals surface area contributed by atoms with Crippen LogP contribution in [0.25, 0.3) is 49.9 Å². The lowest BCUT2D eigenvalue weighted by atomic mass is 10.0. The average Bonchev–Trinajstić information content (AvgIpc) is 3.49. The topological polar surface area (TPSA) is 107 Å². The van der Waals surface area contributed by atoms with Crippen molar-refractivity contribution in [3.8, 4) is 22.5 Å². The number of H-pyrrole nitrogens is 2. The standard InChI is InChI=1S/C32H33FN8S/c1-19(2)38-24-11-21(6-7-34-15-24)28-13-26-31(18-36-28)40-41-32(26)29-12-25-27(16-35-17-30(25)39-29)22-8-20(9-23(33)10-22)14-37-42(3,4)5/h6,8-13,15-19,37-39H,3-4,7,14H2,1-2,5H3,(H,40,41). The third kappa shape index (κ3) is 5.90. The van der Waals surface area contributed by atoms with Gasteiger partial charge in [0.2, 0.25) is 0 Å². The van der Waals surface area contributed by atoms with Gasteiger partial charge in [0, 0.05) is 46.9 Å². The van der Waals surface area contributed by atoms with Crippen LogP contribution in [0.1, 0.15) is 25.1 Å². The monoisotopic (exact) mass is 580 g/mol. The minimum atomic E-state index is -1.43. The molecule has 214 valence electrons. The number of rotatable bonds is 8. The van der Waals surface area contributed by atoms with Gasteiger partial charge in [-0.25, -0.2) is 4.39 Å². The summed E-state index contributed by atoms with van der Waals surface area (Å²) in [6, 6.07) is 9.43. The van der Waals surface area contributed by atoms with E-state index in [4.69, 9.17) is 4.98 Å². The van der Waals surface area contributed by atoms with Crippen molar-refractivity contribution in [2.45, 2.75) is 26.4 Å². The van der Waals surface area contributed by atoms with Gasteiger partial charge < -0.3 is 10.3 Å². The molecule has 0 spiro atoms. The Hall–Kier alpha value is -4.54. The molecule has 0 atom stereocenters. The quantitative estimate of drug-likeness (QED) is 0.170. The number of pyridine rings is 2. The smallest absolute Gasteiger partial charge is 0.124 e. The second-order valence-corrected chi connectivity index (χ2v) is 13.9. The Labute approximate surface area is 244 Å². The Bertz CT molecular complexity index is 2010. The maximum atomic E-state index is 14.7. The molecule has 0 fully saturated rings. The maximum Gasteiger partial charge on any atom is 0.124 e. The first-order valence-corrected chi connectivity index (χ1v) is 16.0. The van der Waals surface area contributed by atoms with Crippen molar-refractivity contribution < 1.29 is 4.39 Å². The molecule has 0 saturated heterocycles. The number of benzene rings is 1. The van der Waals surface area contributed by atoms with E-state index in [0.717, 1.165) is 66.8 Å². The normalized spacial score (nSPS) is 13.9. The van der Waals surface area contributed by atoms with E-state index in [-0.39, 0.29) is 11.9 Å². The van der Waals surface area contributed by atoms with Crippen LogP contribution in [0, 0.1) is 5.82 Å². The van der Waals surface area contributed by atoms with Crippen LogP contribution >= 0.6 is 9.39 Å². The van der Waals surface area contributed by atoms with Crippen molar-refractivity contribution >= 4 is 54.7 Å². The van der Waals surface area contributed by atoms with E-state index in [1.54, 1.807) is 18.6 Å². The van der Waals surface area contributed by atoms with Crippen LogP contribution in [0.15, 0.2) is 71.8 Å². The molecule has 6 rings (SSSR count). The van der Waals surface area contributed by atoms with E-state index in [1.807, 2.05) is 30.7 Å². The summed E-state index contributed by atoms with van der Waals surface area (Å²) in [5, 5.41) is 13.0. The SMILES string of the molecule is C=S(=C)(C)NCc1cc(F)cc(-c2cncc3[nH]c(-c4n[nH]c5cnc(C6=CCN=CC(NC(C)C)=C6)cc45)cc23)c1. The van der Waals surface area contributed by atoms with Gasteiger partial charge in [-0.05, 0) is 67.6 Å². The van der Waals surface area contributed by atoms with Crippen molar-refractivity contribution in [3.63, 3.8) is 0 Å². The highest BCUT2D eigenvalue weighted by Crippen LogP contribution is 2.35. The molecule has 5 heterocycles. The number of aliphatic imine (C=N–C) groups is 1. The van der Waals surface area contributed by atoms with Gasteiger partial charge in [-0.2, -0.15) is 14.5 Å². The van der Waals surface area contributed by atoms with E-state index in [2.05, 4.69) is 72.9 Å². The highest BCUT2D eigenvalue weighted by Gasteiger charge is 2.16. The molecule has 0 unspecified atom stereocenters. The Balaban J connectivity index is 1.39. The van der Waals surface area contributed by atoms with Crippen LogP contribution in [-0.4, -0.2) is 61.9 Å². The zero-order chi connectivity index (χ0) is 29.4. The molecule has 1 aliphatic rings. The maximum absolute atomic E-state index is 14.7. The van der Waals surface area contributed by atoms with Crippen LogP contribution in [0.5, 0.6) is 0 Å². The van der Waals surface area contributed by atoms with Gasteiger partial charge in [0.25, 0.3) is 0 Å². The van der Waals surface area contributed by atoms with Gasteiger partial charge in [0.05, 0.1) is 47.1 Å². The fourth-order valence-electron chi connectivity index (χ4n) is 5.01. The Kier molecular flexibility index (Phi) is 7.26. The first-order valence-electron chi connectivity index (χ1n) is 13.6. The van der Waals surface area contributed by atoms with Gasteiger partial charge in [-0.15, -0.1) is 0 Å². The molecule has 0 amide bonds. The summed E-state index contributed by atoms with van der Waals surface area (Å²) in [6.07, 6.45) is 13.3. The van der Waals surface area contributed by atoms with Crippen molar-refractivity contribution in [1.82, 2.24) is 35.2 Å². The number of fused-ring (bicyclic) bond motifs is 2. The molecular weight excluding hydrogens is 547 g/mol. The number of nitrogens with zero attached hydrogens (tertiary/aromatic N) is 4. The molecule has 4 aromatic heterocycles. The van der Waals surface area contributed by atoms with Crippen LogP contribution < -0.4 is 10.0 Å². The van der Waals surface area contributed by atoms with Crippen molar-refractivity contribution in [1.29, 1.82) is 0 Å². The summed E-state index contributed by atoms with van der Waals surface area (Å²) in [6.45, 7) is 5.25. The molecule has 42 heavy (non-hydrogen) atoms. The summed E-state index contributed by atoms with van der Waals surface area (Å²) in [7, 11) is -1.43. The van der Waals surface area contributed by atoms with Crippen molar-refractivity contribution in [2.24, 2.45) is 4.99 Å². The lowest BCUT2D eigenvalue weighted by molar-refractivity contribution is 0.625. The summed E-state index contributed by atoms with van der Waals surface area (Å²) in [5.74, 6) is 7.80. The van der Waals surface area contributed by atoms with E-state index in [1.165, 1.54) is 12.1 Å². The lowest BCUT2D eigenvalue weighted by Crippen LogP contribution is -2.22. The molecule has 0 bridgehead atoms. The highest BCUT2D eigenvalue weighted by molar-refractivity contribution is 8.25. The van der Waals surface area contributed by atoms with Crippen LogP contribution in [0.3, 0.4) is 0 Å². The molecule has 1 aliphatic heterocycles. The summed E-state index contributed by atoms with van der Waals surface area (Å²) >= 11 is 0. The van der Waals surface area contributed by atoms with Crippen molar-refractivity contribution in [3.05, 3.63) is 83.8 Å². The molecule has 5 aromatic rings. The summed E-state index contributed by atoms with van der Waals surface area (Å²) in [4.78, 5) is 17.1. The fraction of sp³-hybridized carbons (Fsp3) is 0.188. The molecule has 0 saturated carbocycles. The van der Waals surface area contributed by atoms with E-state index in [0.29, 0.717) is 13.1 Å². The molecule has 0 radical (unpaired) electrons. The number of allylic oxidation sites excluding steroid dienone is 3. The van der Waals surface area contributed by atoms with Gasteiger partial charge in [-0.3, -0.25) is 24.8 Å². The summed E-state index contributed by atoms with van der Waals surface area (Å²) < 4.78 is 18.0. The third-order valence-corrected chi connectivity index (χ3v) is 7.69. The molecule has 4 N–H and O–H groups in total. The van der Waals surface area contributed by atoms with Crippen LogP contribution in [0.4, 0.5) is 4.39 Å². The van der Waals surface area contributed by atoms with Gasteiger partial charge >= 0.3 is 0 Å². The zero-order valence-corrected chi connectivity index (χ0v) is 24.6. The Morgan fingerprint density at radius 1 is 1.05 bits per heavy atom. The number of aromatic nitrogens is 5. The lowest BCUT2D eigenvalue weighted by Gasteiger charge is -2.12. The minimum Gasteiger partial charge on any atom is -0.382 e.